The van der Waals surface area contributed by atoms with Gasteiger partial charge in [0.05, 0.1) is 18.6 Å². The van der Waals surface area contributed by atoms with Gasteiger partial charge in [-0.05, 0) is 18.9 Å². The summed E-state index contributed by atoms with van der Waals surface area (Å²) in [4.78, 5) is 38.9. The molecule has 0 aromatic carbocycles. The number of fused-ring (bicyclic) bond motifs is 1. The Labute approximate surface area is 207 Å². The summed E-state index contributed by atoms with van der Waals surface area (Å²) in [5.41, 5.74) is 0.650. The van der Waals surface area contributed by atoms with Crippen molar-refractivity contribution in [3.8, 4) is 5.88 Å². The van der Waals surface area contributed by atoms with E-state index in [1.807, 2.05) is 26.2 Å². The second kappa shape index (κ2) is 12.9. The number of pyridine rings is 1. The van der Waals surface area contributed by atoms with E-state index in [0.29, 0.717) is 12.5 Å². The number of methoxy groups -OCH3 is 1. The van der Waals surface area contributed by atoms with Crippen LogP contribution in [0.15, 0.2) is 18.3 Å². The quantitative estimate of drug-likeness (QED) is 0.546. The first kappa shape index (κ1) is 31.9. The lowest BCUT2D eigenvalue weighted by molar-refractivity contribution is -0.193. The highest BCUT2D eigenvalue weighted by molar-refractivity contribution is 5.83. The highest BCUT2D eigenvalue weighted by Gasteiger charge is 2.53. The zero-order chi connectivity index (χ0) is 28.6. The van der Waals surface area contributed by atoms with E-state index in [2.05, 4.69) is 9.88 Å². The number of alkyl halides is 6. The summed E-state index contributed by atoms with van der Waals surface area (Å²) in [6.07, 6.45) is -6.70. The topological polar surface area (TPSA) is 130 Å². The van der Waals surface area contributed by atoms with E-state index in [1.54, 1.807) is 18.2 Å². The monoisotopic (exact) mass is 547 g/mol. The number of hydrogen-bond donors (Lipinski definition) is 2. The minimum Gasteiger partial charge on any atom is -0.481 e. The summed E-state index contributed by atoms with van der Waals surface area (Å²) in [6, 6.07) is 3.95. The number of hydrogen-bond acceptors (Lipinski definition) is 7. The van der Waals surface area contributed by atoms with Gasteiger partial charge in [0.1, 0.15) is 0 Å². The number of likely N-dealkylation sites (tertiary alicyclic amines) is 1. The average Bonchev–Trinajstić information content (AvgIpc) is 3.22. The molecule has 1 aromatic heterocycles. The molecule has 2 aliphatic heterocycles. The molecule has 0 saturated carbocycles. The van der Waals surface area contributed by atoms with Crippen LogP contribution in [0.5, 0.6) is 5.88 Å². The van der Waals surface area contributed by atoms with Gasteiger partial charge in [-0.3, -0.25) is 9.69 Å². The summed E-state index contributed by atoms with van der Waals surface area (Å²) in [5, 5.41) is 14.2. The zero-order valence-corrected chi connectivity index (χ0v) is 20.1. The van der Waals surface area contributed by atoms with Gasteiger partial charge >= 0.3 is 24.3 Å². The zero-order valence-electron chi connectivity index (χ0n) is 20.1. The van der Waals surface area contributed by atoms with Crippen LogP contribution in [0.2, 0.25) is 0 Å². The lowest BCUT2D eigenvalue weighted by atomic mass is 9.75. The van der Waals surface area contributed by atoms with E-state index in [4.69, 9.17) is 29.3 Å². The molecule has 2 N–H and O–H groups in total. The molecule has 2 atom stereocenters. The second-order valence-corrected chi connectivity index (χ2v) is 8.24. The summed E-state index contributed by atoms with van der Waals surface area (Å²) in [5.74, 6) is -4.67. The van der Waals surface area contributed by atoms with Gasteiger partial charge in [-0.15, -0.1) is 0 Å². The molecule has 3 heterocycles. The Balaban J connectivity index is 0.000000404. The summed E-state index contributed by atoms with van der Waals surface area (Å²) in [6.45, 7) is 3.07. The van der Waals surface area contributed by atoms with Crippen molar-refractivity contribution >= 4 is 17.8 Å². The Morgan fingerprint density at radius 3 is 2.16 bits per heavy atom. The number of carboxylic acid groups (broad SMARTS) is 2. The van der Waals surface area contributed by atoms with Crippen LogP contribution < -0.4 is 4.74 Å². The third-order valence-electron chi connectivity index (χ3n) is 5.45. The summed E-state index contributed by atoms with van der Waals surface area (Å²) in [7, 11) is 5.30. The predicted molar refractivity (Wildman–Crippen MR) is 114 cm³/mol. The number of carbonyl (C=O) groups excluding carboxylic acids is 1. The molecule has 2 aliphatic rings. The van der Waals surface area contributed by atoms with Crippen LogP contribution in [0.3, 0.4) is 0 Å². The largest absolute Gasteiger partial charge is 0.490 e. The van der Waals surface area contributed by atoms with E-state index in [9.17, 15) is 31.1 Å². The van der Waals surface area contributed by atoms with E-state index in [0.717, 1.165) is 38.0 Å². The molecule has 1 amide bonds. The van der Waals surface area contributed by atoms with Gasteiger partial charge in [-0.25, -0.2) is 14.6 Å². The molecule has 0 spiro atoms. The predicted octanol–water partition coefficient (Wildman–Crippen LogP) is 2.43. The molecule has 37 heavy (non-hydrogen) atoms. The Hall–Kier alpha value is -3.14. The van der Waals surface area contributed by atoms with E-state index < -0.39 is 29.7 Å². The Morgan fingerprint density at radius 2 is 1.70 bits per heavy atom. The fraction of sp³-hybridized carbons (Fsp3) is 0.619. The normalized spacial score (nSPS) is 21.4. The van der Waals surface area contributed by atoms with Gasteiger partial charge < -0.3 is 24.6 Å². The third-order valence-corrected chi connectivity index (χ3v) is 5.45. The molecule has 0 radical (unpaired) electrons. The van der Waals surface area contributed by atoms with Crippen molar-refractivity contribution in [3.05, 3.63) is 23.9 Å². The van der Waals surface area contributed by atoms with Crippen molar-refractivity contribution in [3.63, 3.8) is 0 Å². The fourth-order valence-electron chi connectivity index (χ4n) is 3.88. The number of aliphatic carboxylic acids is 2. The molecular formula is C21H27F6N3O7. The smallest absolute Gasteiger partial charge is 0.481 e. The number of nitrogens with zero attached hydrogens (tertiary/aromatic N) is 3. The van der Waals surface area contributed by atoms with Gasteiger partial charge in [0, 0.05) is 52.1 Å². The van der Waals surface area contributed by atoms with Crippen LogP contribution in [-0.4, -0.2) is 102 Å². The molecule has 16 heteroatoms. The van der Waals surface area contributed by atoms with Gasteiger partial charge in [-0.2, -0.15) is 26.3 Å². The molecule has 0 aliphatic carbocycles. The third kappa shape index (κ3) is 9.03. The van der Waals surface area contributed by atoms with Gasteiger partial charge in [0.25, 0.3) is 0 Å². The minimum atomic E-state index is -5.08. The molecular weight excluding hydrogens is 520 g/mol. The van der Waals surface area contributed by atoms with Crippen molar-refractivity contribution in [1.29, 1.82) is 0 Å². The van der Waals surface area contributed by atoms with E-state index in [-0.39, 0.29) is 12.0 Å². The molecule has 210 valence electrons. The molecule has 10 nitrogen and oxygen atoms in total. The first-order valence-corrected chi connectivity index (χ1v) is 10.6. The number of ether oxygens (including phenoxy) is 2. The van der Waals surface area contributed by atoms with Gasteiger partial charge in [-0.1, -0.05) is 6.07 Å². The number of carboxylic acids is 2. The average molecular weight is 547 g/mol. The standard InChI is InChI=1S/C17H25N3O3.2C2HF3O2/c1-19(2)16(21)17-7-10-23-14(17)6-9-20(12-17)11-13-5-4-8-18-15(13)22-3;2*3-2(4,5)1(6)7/h4-5,8,14H,6-7,9-12H2,1-3H3;2*(H,6,7)/t14-,17-;;/m1../s1. The van der Waals surface area contributed by atoms with Crippen molar-refractivity contribution in [2.45, 2.75) is 37.8 Å². The van der Waals surface area contributed by atoms with Crippen LogP contribution in [0, 0.1) is 5.41 Å². The maximum atomic E-state index is 12.8. The second-order valence-electron chi connectivity index (χ2n) is 8.24. The van der Waals surface area contributed by atoms with Crippen LogP contribution >= 0.6 is 0 Å². The van der Waals surface area contributed by atoms with Crippen LogP contribution in [0.25, 0.3) is 0 Å². The number of aromatic nitrogens is 1. The molecule has 0 bridgehead atoms. The molecule has 2 saturated heterocycles. The van der Waals surface area contributed by atoms with Crippen molar-refractivity contribution < 1.29 is 60.4 Å². The molecule has 0 unspecified atom stereocenters. The SMILES string of the molecule is COc1ncccc1CN1CC[C@H]2OCC[C@@]2(C(=O)N(C)C)C1.O=C(O)C(F)(F)F.O=C(O)C(F)(F)F. The van der Waals surface area contributed by atoms with E-state index in [1.165, 1.54) is 0 Å². The highest BCUT2D eigenvalue weighted by Crippen LogP contribution is 2.42. The summed E-state index contributed by atoms with van der Waals surface area (Å²) < 4.78 is 74.7. The van der Waals surface area contributed by atoms with Crippen molar-refractivity contribution in [1.82, 2.24) is 14.8 Å². The highest BCUT2D eigenvalue weighted by atomic mass is 19.4. The summed E-state index contributed by atoms with van der Waals surface area (Å²) >= 11 is 0. The number of rotatable bonds is 4. The number of carbonyl (C=O) groups is 3. The van der Waals surface area contributed by atoms with Crippen molar-refractivity contribution in [2.24, 2.45) is 5.41 Å². The Kier molecular flexibility index (Phi) is 11.1. The lowest BCUT2D eigenvalue weighted by Crippen LogP contribution is -2.56. The van der Waals surface area contributed by atoms with Gasteiger partial charge in [0.2, 0.25) is 11.8 Å². The van der Waals surface area contributed by atoms with Gasteiger partial charge in [0.15, 0.2) is 0 Å². The minimum absolute atomic E-state index is 0.0458. The van der Waals surface area contributed by atoms with E-state index >= 15 is 0 Å². The van der Waals surface area contributed by atoms with Crippen LogP contribution in [0.1, 0.15) is 18.4 Å². The molecule has 1 aromatic rings. The lowest BCUT2D eigenvalue weighted by Gasteiger charge is -2.43. The number of amides is 1. The first-order chi connectivity index (χ1) is 17.0. The van der Waals surface area contributed by atoms with Crippen molar-refractivity contribution in [2.75, 3.05) is 40.9 Å². The van der Waals surface area contributed by atoms with Crippen LogP contribution in [0.4, 0.5) is 26.3 Å². The molecule has 2 fully saturated rings. The molecule has 3 rings (SSSR count). The fourth-order valence-corrected chi connectivity index (χ4v) is 3.88. The maximum Gasteiger partial charge on any atom is 0.490 e. The maximum absolute atomic E-state index is 12.8. The first-order valence-electron chi connectivity index (χ1n) is 10.6. The number of piperidine rings is 1. The van der Waals surface area contributed by atoms with Crippen LogP contribution in [-0.2, 0) is 25.7 Å². The number of halogens is 6. The Morgan fingerprint density at radius 1 is 1.16 bits per heavy atom. The Bertz CT molecular complexity index is 918.